The van der Waals surface area contributed by atoms with Crippen molar-refractivity contribution in [1.29, 1.82) is 0 Å². The van der Waals surface area contributed by atoms with Gasteiger partial charge < -0.3 is 15.0 Å². The Labute approximate surface area is 135 Å². The molecule has 2 rings (SSSR count). The van der Waals surface area contributed by atoms with Gasteiger partial charge in [-0.3, -0.25) is 9.59 Å². The van der Waals surface area contributed by atoms with E-state index in [1.807, 2.05) is 0 Å². The van der Waals surface area contributed by atoms with Gasteiger partial charge in [-0.05, 0) is 40.8 Å². The lowest BCUT2D eigenvalue weighted by atomic mass is 10.1. The summed E-state index contributed by atoms with van der Waals surface area (Å²) in [6.07, 6.45) is 0. The first-order valence-electron chi connectivity index (χ1n) is 6.10. The number of halogens is 2. The van der Waals surface area contributed by atoms with Crippen molar-refractivity contribution < 1.29 is 14.3 Å². The van der Waals surface area contributed by atoms with Crippen LogP contribution in [0.3, 0.4) is 0 Å². The SMILES string of the molecule is CNC(=O)C1COCCN1C(=O)c1cc(Cl)ccc1I. The minimum absolute atomic E-state index is 0.200. The highest BCUT2D eigenvalue weighted by Crippen LogP contribution is 2.21. The lowest BCUT2D eigenvalue weighted by Crippen LogP contribution is -2.55. The number of hydrogen-bond donors (Lipinski definition) is 1. The molecule has 0 bridgehead atoms. The van der Waals surface area contributed by atoms with Crippen molar-refractivity contribution in [1.82, 2.24) is 10.2 Å². The minimum Gasteiger partial charge on any atom is -0.377 e. The molecule has 0 saturated carbocycles. The molecule has 1 aromatic rings. The Morgan fingerprint density at radius 3 is 2.95 bits per heavy atom. The average molecular weight is 409 g/mol. The summed E-state index contributed by atoms with van der Waals surface area (Å²) in [6.45, 7) is 1.03. The van der Waals surface area contributed by atoms with Crippen LogP contribution in [0, 0.1) is 3.57 Å². The zero-order valence-corrected chi connectivity index (χ0v) is 13.8. The molecule has 0 spiro atoms. The Balaban J connectivity index is 2.30. The van der Waals surface area contributed by atoms with E-state index in [4.69, 9.17) is 16.3 Å². The average Bonchev–Trinajstić information content (AvgIpc) is 2.48. The van der Waals surface area contributed by atoms with Gasteiger partial charge in [0.05, 0.1) is 18.8 Å². The number of carbonyl (C=O) groups is 2. The Kier molecular flexibility index (Phi) is 5.22. The summed E-state index contributed by atoms with van der Waals surface area (Å²) in [6, 6.07) is 4.54. The molecular formula is C13H14ClIN2O3. The molecule has 1 aliphatic heterocycles. The summed E-state index contributed by atoms with van der Waals surface area (Å²) in [5, 5.41) is 3.05. The van der Waals surface area contributed by atoms with Crippen LogP contribution < -0.4 is 5.32 Å². The van der Waals surface area contributed by atoms with Crippen LogP contribution in [0.4, 0.5) is 0 Å². The second-order valence-corrected chi connectivity index (χ2v) is 5.93. The van der Waals surface area contributed by atoms with E-state index in [0.717, 1.165) is 3.57 Å². The highest BCUT2D eigenvalue weighted by atomic mass is 127. The van der Waals surface area contributed by atoms with Crippen molar-refractivity contribution in [3.8, 4) is 0 Å². The number of rotatable bonds is 2. The maximum absolute atomic E-state index is 12.6. The molecule has 5 nitrogen and oxygen atoms in total. The number of amides is 2. The van der Waals surface area contributed by atoms with Crippen molar-refractivity contribution in [2.24, 2.45) is 0 Å². The van der Waals surface area contributed by atoms with Gasteiger partial charge in [-0.25, -0.2) is 0 Å². The highest BCUT2D eigenvalue weighted by molar-refractivity contribution is 14.1. The molecule has 0 aliphatic carbocycles. The third-order valence-corrected chi connectivity index (χ3v) is 4.27. The van der Waals surface area contributed by atoms with Gasteiger partial charge in [0, 0.05) is 22.2 Å². The monoisotopic (exact) mass is 408 g/mol. The van der Waals surface area contributed by atoms with Gasteiger partial charge in [0.1, 0.15) is 6.04 Å². The Morgan fingerprint density at radius 2 is 2.25 bits per heavy atom. The molecule has 1 fully saturated rings. The van der Waals surface area contributed by atoms with Crippen molar-refractivity contribution in [3.05, 3.63) is 32.4 Å². The van der Waals surface area contributed by atoms with Crippen LogP contribution in [-0.2, 0) is 9.53 Å². The quantitative estimate of drug-likeness (QED) is 0.755. The fraction of sp³-hybridized carbons (Fsp3) is 0.385. The Bertz CT molecular complexity index is 538. The van der Waals surface area contributed by atoms with E-state index in [1.54, 1.807) is 25.2 Å². The first-order valence-corrected chi connectivity index (χ1v) is 7.55. The summed E-state index contributed by atoms with van der Waals surface area (Å²) in [4.78, 5) is 26.0. The molecular weight excluding hydrogens is 395 g/mol. The molecule has 20 heavy (non-hydrogen) atoms. The van der Waals surface area contributed by atoms with Gasteiger partial charge in [0.2, 0.25) is 5.91 Å². The van der Waals surface area contributed by atoms with Crippen molar-refractivity contribution in [2.75, 3.05) is 26.8 Å². The number of carbonyl (C=O) groups excluding carboxylic acids is 2. The van der Waals surface area contributed by atoms with E-state index < -0.39 is 6.04 Å². The van der Waals surface area contributed by atoms with Crippen LogP contribution in [0.5, 0.6) is 0 Å². The van der Waals surface area contributed by atoms with E-state index in [2.05, 4.69) is 27.9 Å². The number of morpholine rings is 1. The first kappa shape index (κ1) is 15.5. The van der Waals surface area contributed by atoms with Gasteiger partial charge in [-0.2, -0.15) is 0 Å². The van der Waals surface area contributed by atoms with Crippen molar-refractivity contribution in [2.45, 2.75) is 6.04 Å². The number of nitrogens with one attached hydrogen (secondary N) is 1. The maximum atomic E-state index is 12.6. The standard InChI is InChI=1S/C13H14ClIN2O3/c1-16-12(18)11-7-20-5-4-17(11)13(19)9-6-8(14)2-3-10(9)15/h2-3,6,11H,4-5,7H2,1H3,(H,16,18). The summed E-state index contributed by atoms with van der Waals surface area (Å²) >= 11 is 8.03. The van der Waals surface area contributed by atoms with Gasteiger partial charge in [0.25, 0.3) is 5.91 Å². The fourth-order valence-electron chi connectivity index (χ4n) is 2.05. The van der Waals surface area contributed by atoms with E-state index in [-0.39, 0.29) is 18.4 Å². The summed E-state index contributed by atoms with van der Waals surface area (Å²) in [7, 11) is 1.54. The van der Waals surface area contributed by atoms with Crippen LogP contribution in [0.1, 0.15) is 10.4 Å². The Morgan fingerprint density at radius 1 is 1.50 bits per heavy atom. The molecule has 108 valence electrons. The number of hydrogen-bond acceptors (Lipinski definition) is 3. The second kappa shape index (κ2) is 6.73. The lowest BCUT2D eigenvalue weighted by molar-refractivity contribution is -0.130. The number of likely N-dealkylation sites (N-methyl/N-ethyl adjacent to an activating group) is 1. The summed E-state index contributed by atoms with van der Waals surface area (Å²) in [5.74, 6) is -0.427. The molecule has 0 radical (unpaired) electrons. The van der Waals surface area contributed by atoms with Crippen molar-refractivity contribution >= 4 is 46.0 Å². The van der Waals surface area contributed by atoms with Gasteiger partial charge >= 0.3 is 0 Å². The van der Waals surface area contributed by atoms with Crippen LogP contribution >= 0.6 is 34.2 Å². The van der Waals surface area contributed by atoms with Crippen LogP contribution in [0.25, 0.3) is 0 Å². The third-order valence-electron chi connectivity index (χ3n) is 3.10. The van der Waals surface area contributed by atoms with Gasteiger partial charge in [-0.1, -0.05) is 11.6 Å². The molecule has 2 amide bonds. The van der Waals surface area contributed by atoms with E-state index in [9.17, 15) is 9.59 Å². The number of benzene rings is 1. The molecule has 1 unspecified atom stereocenters. The molecule has 1 N–H and O–H groups in total. The smallest absolute Gasteiger partial charge is 0.255 e. The minimum atomic E-state index is -0.601. The number of nitrogens with zero attached hydrogens (tertiary/aromatic N) is 1. The first-order chi connectivity index (χ1) is 9.54. The molecule has 1 aromatic carbocycles. The largest absolute Gasteiger partial charge is 0.377 e. The van der Waals surface area contributed by atoms with Crippen LogP contribution in [0.2, 0.25) is 5.02 Å². The fourth-order valence-corrected chi connectivity index (χ4v) is 2.79. The molecule has 1 aliphatic rings. The topological polar surface area (TPSA) is 58.6 Å². The van der Waals surface area contributed by atoms with Gasteiger partial charge in [-0.15, -0.1) is 0 Å². The van der Waals surface area contributed by atoms with E-state index in [0.29, 0.717) is 23.7 Å². The normalized spacial score (nSPS) is 18.8. The zero-order valence-electron chi connectivity index (χ0n) is 10.9. The molecule has 1 heterocycles. The zero-order chi connectivity index (χ0) is 14.7. The van der Waals surface area contributed by atoms with Crippen LogP contribution in [0.15, 0.2) is 18.2 Å². The lowest BCUT2D eigenvalue weighted by Gasteiger charge is -2.34. The molecule has 1 saturated heterocycles. The molecule has 7 heteroatoms. The number of ether oxygens (including phenoxy) is 1. The summed E-state index contributed by atoms with van der Waals surface area (Å²) in [5.41, 5.74) is 0.508. The van der Waals surface area contributed by atoms with E-state index in [1.165, 1.54) is 4.90 Å². The molecule has 0 aromatic heterocycles. The third kappa shape index (κ3) is 3.24. The van der Waals surface area contributed by atoms with E-state index >= 15 is 0 Å². The van der Waals surface area contributed by atoms with Gasteiger partial charge in [0.15, 0.2) is 0 Å². The predicted octanol–water partition coefficient (Wildman–Crippen LogP) is 1.53. The van der Waals surface area contributed by atoms with Crippen LogP contribution in [-0.4, -0.2) is 49.6 Å². The predicted molar refractivity (Wildman–Crippen MR) is 83.9 cm³/mol. The second-order valence-electron chi connectivity index (χ2n) is 4.33. The maximum Gasteiger partial charge on any atom is 0.255 e. The summed E-state index contributed by atoms with van der Waals surface area (Å²) < 4.78 is 6.10. The highest BCUT2D eigenvalue weighted by Gasteiger charge is 2.33. The van der Waals surface area contributed by atoms with Crippen molar-refractivity contribution in [3.63, 3.8) is 0 Å². The molecule has 1 atom stereocenters. The Hall–Kier alpha value is -0.860.